The van der Waals surface area contributed by atoms with Gasteiger partial charge in [0.25, 0.3) is 0 Å². The highest BCUT2D eigenvalue weighted by Crippen LogP contribution is 2.32. The van der Waals surface area contributed by atoms with E-state index in [-0.39, 0.29) is 5.75 Å². The summed E-state index contributed by atoms with van der Waals surface area (Å²) in [5.74, 6) is 5.78. The minimum Gasteiger partial charge on any atom is -0.508 e. The molecule has 0 bridgehead atoms. The number of hydrogen-bond donors (Lipinski definition) is 2. The Bertz CT molecular complexity index is 317. The van der Waals surface area contributed by atoms with E-state index >= 15 is 0 Å². The largest absolute Gasteiger partial charge is 0.508 e. The van der Waals surface area contributed by atoms with E-state index in [4.69, 9.17) is 10.6 Å². The van der Waals surface area contributed by atoms with Gasteiger partial charge in [0.15, 0.2) is 0 Å². The predicted octanol–water partition coefficient (Wildman–Crippen LogP) is 1.60. The lowest BCUT2D eigenvalue weighted by Gasteiger charge is -2.08. The smallest absolute Gasteiger partial charge is 0.133 e. The summed E-state index contributed by atoms with van der Waals surface area (Å²) in [7, 11) is 1.57. The number of hydrogen-bond acceptors (Lipinski definition) is 4. The number of rotatable bonds is 4. The maximum Gasteiger partial charge on any atom is 0.133 e. The van der Waals surface area contributed by atoms with Gasteiger partial charge in [0.1, 0.15) is 11.5 Å². The van der Waals surface area contributed by atoms with Crippen molar-refractivity contribution in [1.82, 2.24) is 0 Å². The van der Waals surface area contributed by atoms with Crippen LogP contribution in [0.25, 0.3) is 0 Å². The third-order valence-corrected chi connectivity index (χ3v) is 2.46. The molecule has 4 nitrogen and oxygen atoms in total. The van der Waals surface area contributed by atoms with E-state index < -0.39 is 0 Å². The third-order valence-electron chi connectivity index (χ3n) is 1.84. The Balaban J connectivity index is 2.92. The van der Waals surface area contributed by atoms with Crippen molar-refractivity contribution in [2.45, 2.75) is 6.42 Å². The average molecular weight is 262 g/mol. The number of halogens is 1. The maximum absolute atomic E-state index is 9.56. The van der Waals surface area contributed by atoms with Gasteiger partial charge in [0.05, 0.1) is 18.2 Å². The molecule has 78 valence electrons. The molecule has 0 radical (unpaired) electrons. The van der Waals surface area contributed by atoms with E-state index in [9.17, 15) is 5.11 Å². The van der Waals surface area contributed by atoms with E-state index in [2.05, 4.69) is 20.8 Å². The molecule has 0 aliphatic carbocycles. The molecule has 1 rings (SSSR count). The van der Waals surface area contributed by atoms with E-state index in [1.54, 1.807) is 19.2 Å². The molecule has 0 amide bonds. The molecule has 0 aliphatic heterocycles. The molecular formula is C9H12BrNO3. The lowest BCUT2D eigenvalue weighted by molar-refractivity contribution is 0.140. The Labute approximate surface area is 90.7 Å². The summed E-state index contributed by atoms with van der Waals surface area (Å²) in [6.07, 6.45) is 0.548. The van der Waals surface area contributed by atoms with E-state index in [0.29, 0.717) is 18.8 Å². The summed E-state index contributed by atoms with van der Waals surface area (Å²) in [6.45, 7) is 0.359. The number of aromatic hydroxyl groups is 1. The summed E-state index contributed by atoms with van der Waals surface area (Å²) in [5, 5.41) is 9.56. The van der Waals surface area contributed by atoms with Gasteiger partial charge in [-0.25, -0.2) is 5.90 Å². The van der Waals surface area contributed by atoms with Crippen LogP contribution in [0.3, 0.4) is 0 Å². The van der Waals surface area contributed by atoms with Gasteiger partial charge < -0.3 is 14.7 Å². The lowest BCUT2D eigenvalue weighted by atomic mass is 10.1. The molecule has 0 spiro atoms. The van der Waals surface area contributed by atoms with Crippen LogP contribution >= 0.6 is 15.9 Å². The Morgan fingerprint density at radius 2 is 2.21 bits per heavy atom. The van der Waals surface area contributed by atoms with Crippen LogP contribution in [-0.4, -0.2) is 18.8 Å². The number of phenolic OH excluding ortho intramolecular Hbond substituents is 1. The molecule has 3 N–H and O–H groups in total. The molecule has 0 saturated heterocycles. The molecule has 0 atom stereocenters. The molecule has 14 heavy (non-hydrogen) atoms. The first-order valence-electron chi connectivity index (χ1n) is 4.06. The van der Waals surface area contributed by atoms with Gasteiger partial charge in [-0.2, -0.15) is 0 Å². The van der Waals surface area contributed by atoms with Crippen molar-refractivity contribution >= 4 is 15.9 Å². The lowest BCUT2D eigenvalue weighted by Crippen LogP contribution is -2.04. The van der Waals surface area contributed by atoms with Crippen LogP contribution in [-0.2, 0) is 11.3 Å². The number of phenols is 1. The van der Waals surface area contributed by atoms with Crippen LogP contribution in [0.2, 0.25) is 0 Å². The first-order valence-corrected chi connectivity index (χ1v) is 4.85. The first kappa shape index (κ1) is 11.3. The summed E-state index contributed by atoms with van der Waals surface area (Å²) in [5.41, 5.74) is 0.746. The summed E-state index contributed by atoms with van der Waals surface area (Å²) >= 11 is 3.27. The van der Waals surface area contributed by atoms with Crippen molar-refractivity contribution < 1.29 is 14.7 Å². The fraction of sp³-hybridized carbons (Fsp3) is 0.333. The average Bonchev–Trinajstić information content (AvgIpc) is 2.17. The number of benzene rings is 1. The second-order valence-corrected chi connectivity index (χ2v) is 3.59. The quantitative estimate of drug-likeness (QED) is 0.809. The zero-order chi connectivity index (χ0) is 10.6. The molecule has 0 saturated carbocycles. The minimum absolute atomic E-state index is 0.203. The van der Waals surface area contributed by atoms with Gasteiger partial charge in [-0.05, 0) is 33.6 Å². The fourth-order valence-corrected chi connectivity index (χ4v) is 1.60. The molecule has 1 aromatic rings. The Morgan fingerprint density at radius 3 is 2.79 bits per heavy atom. The van der Waals surface area contributed by atoms with Crippen molar-refractivity contribution in [3.63, 3.8) is 0 Å². The van der Waals surface area contributed by atoms with Crippen molar-refractivity contribution in [2.75, 3.05) is 13.7 Å². The Hall–Kier alpha value is -0.780. The second-order valence-electron chi connectivity index (χ2n) is 2.74. The highest BCUT2D eigenvalue weighted by atomic mass is 79.9. The normalized spacial score (nSPS) is 10.2. The molecule has 0 heterocycles. The van der Waals surface area contributed by atoms with E-state index in [0.717, 1.165) is 10.0 Å². The van der Waals surface area contributed by atoms with E-state index in [1.807, 2.05) is 0 Å². The van der Waals surface area contributed by atoms with Crippen LogP contribution in [0, 0.1) is 0 Å². The zero-order valence-electron chi connectivity index (χ0n) is 7.79. The van der Waals surface area contributed by atoms with Crippen LogP contribution in [0.15, 0.2) is 16.6 Å². The van der Waals surface area contributed by atoms with Crippen LogP contribution in [0.1, 0.15) is 5.56 Å². The van der Waals surface area contributed by atoms with Gasteiger partial charge in [0, 0.05) is 6.42 Å². The maximum atomic E-state index is 9.56. The highest BCUT2D eigenvalue weighted by Gasteiger charge is 2.07. The first-order chi connectivity index (χ1) is 6.69. The van der Waals surface area contributed by atoms with Gasteiger partial charge in [-0.1, -0.05) is 0 Å². The Kier molecular flexibility index (Phi) is 4.19. The summed E-state index contributed by atoms with van der Waals surface area (Å²) in [6, 6.07) is 3.34. The topological polar surface area (TPSA) is 64.7 Å². The number of ether oxygens (including phenoxy) is 1. The zero-order valence-corrected chi connectivity index (χ0v) is 9.37. The highest BCUT2D eigenvalue weighted by molar-refractivity contribution is 9.10. The van der Waals surface area contributed by atoms with Crippen molar-refractivity contribution in [3.8, 4) is 11.5 Å². The third kappa shape index (κ3) is 2.60. The molecule has 5 heteroatoms. The summed E-state index contributed by atoms with van der Waals surface area (Å²) in [4.78, 5) is 4.44. The molecular weight excluding hydrogens is 250 g/mol. The van der Waals surface area contributed by atoms with Crippen molar-refractivity contribution in [1.29, 1.82) is 0 Å². The van der Waals surface area contributed by atoms with Gasteiger partial charge in [-0.15, -0.1) is 0 Å². The Morgan fingerprint density at radius 1 is 1.50 bits per heavy atom. The second kappa shape index (κ2) is 5.19. The van der Waals surface area contributed by atoms with Gasteiger partial charge >= 0.3 is 0 Å². The molecule has 1 aromatic carbocycles. The van der Waals surface area contributed by atoms with Crippen molar-refractivity contribution in [2.24, 2.45) is 5.90 Å². The van der Waals surface area contributed by atoms with E-state index in [1.165, 1.54) is 0 Å². The van der Waals surface area contributed by atoms with Crippen LogP contribution in [0.4, 0.5) is 0 Å². The molecule has 0 aromatic heterocycles. The molecule has 0 unspecified atom stereocenters. The monoisotopic (exact) mass is 261 g/mol. The standard InChI is InChI=1S/C9H12BrNO3/c1-13-9-4-6(2-3-14-11)8(12)5-7(9)10/h4-5,12H,2-3,11H2,1H3. The predicted molar refractivity (Wildman–Crippen MR) is 56.2 cm³/mol. The van der Waals surface area contributed by atoms with Gasteiger partial charge in [0.2, 0.25) is 0 Å². The fourth-order valence-electron chi connectivity index (χ4n) is 1.11. The molecule has 0 fully saturated rings. The summed E-state index contributed by atoms with van der Waals surface area (Å²) < 4.78 is 5.81. The number of nitrogens with two attached hydrogens (primary N) is 1. The van der Waals surface area contributed by atoms with Gasteiger partial charge in [-0.3, -0.25) is 0 Å². The van der Waals surface area contributed by atoms with Crippen molar-refractivity contribution in [3.05, 3.63) is 22.2 Å². The SMILES string of the molecule is COc1cc(CCON)c(O)cc1Br. The van der Waals surface area contributed by atoms with Crippen LogP contribution < -0.4 is 10.6 Å². The number of methoxy groups -OCH3 is 1. The molecule has 0 aliphatic rings. The minimum atomic E-state index is 0.203. The van der Waals surface area contributed by atoms with Crippen LogP contribution in [0.5, 0.6) is 11.5 Å².